The summed E-state index contributed by atoms with van der Waals surface area (Å²) in [6, 6.07) is 8.89. The van der Waals surface area contributed by atoms with E-state index in [1.807, 2.05) is 18.2 Å². The lowest BCUT2D eigenvalue weighted by atomic mass is 10.2. The van der Waals surface area contributed by atoms with Crippen LogP contribution in [0.3, 0.4) is 0 Å². The fourth-order valence-corrected chi connectivity index (χ4v) is 1.52. The fraction of sp³-hybridized carbons (Fsp3) is 0.0769. The van der Waals surface area contributed by atoms with E-state index in [0.29, 0.717) is 17.8 Å². The first-order valence-electron chi connectivity index (χ1n) is 5.18. The zero-order valence-corrected chi connectivity index (χ0v) is 9.18. The summed E-state index contributed by atoms with van der Waals surface area (Å²) < 4.78 is 0. The van der Waals surface area contributed by atoms with E-state index in [0.717, 1.165) is 5.39 Å². The molecule has 0 saturated heterocycles. The molecule has 0 saturated carbocycles. The van der Waals surface area contributed by atoms with Crippen LogP contribution in [0.2, 0.25) is 0 Å². The van der Waals surface area contributed by atoms with Gasteiger partial charge in [-0.1, -0.05) is 24.8 Å². The Labute approximate surface area is 98.6 Å². The summed E-state index contributed by atoms with van der Waals surface area (Å²) in [5.74, 6) is -0.108. The van der Waals surface area contributed by atoms with Crippen molar-refractivity contribution in [3.05, 3.63) is 48.7 Å². The number of hydrogen-bond acceptors (Lipinski definition) is 3. The van der Waals surface area contributed by atoms with Crippen molar-refractivity contribution in [1.29, 1.82) is 0 Å². The monoisotopic (exact) mass is 228 g/mol. The topological polar surface area (TPSA) is 62.2 Å². The predicted octanol–water partition coefficient (Wildman–Crippen LogP) is 1.74. The third kappa shape index (κ3) is 2.42. The van der Waals surface area contributed by atoms with Gasteiger partial charge in [0.2, 0.25) is 5.91 Å². The maximum absolute atomic E-state index is 11.0. The van der Waals surface area contributed by atoms with Gasteiger partial charge >= 0.3 is 0 Å². The average molecular weight is 228 g/mol. The van der Waals surface area contributed by atoms with E-state index in [1.54, 1.807) is 12.1 Å². The van der Waals surface area contributed by atoms with E-state index in [2.05, 4.69) is 16.9 Å². The Morgan fingerprint density at radius 2 is 2.24 bits per heavy atom. The molecule has 2 N–H and O–H groups in total. The van der Waals surface area contributed by atoms with Gasteiger partial charge < -0.3 is 10.4 Å². The molecule has 1 aromatic carbocycles. The van der Waals surface area contributed by atoms with Crippen LogP contribution in [0, 0.1) is 0 Å². The lowest BCUT2D eigenvalue weighted by Gasteiger charge is -2.04. The van der Waals surface area contributed by atoms with E-state index < -0.39 is 0 Å². The maximum Gasteiger partial charge on any atom is 0.243 e. The summed E-state index contributed by atoms with van der Waals surface area (Å²) in [7, 11) is 0. The number of phenols is 1. The standard InChI is InChI=1S/C13H12N2O2/c1-2-12(17)14-8-10-7-6-9-4-3-5-11(16)13(9)15-10/h2-7,16H,1,8H2,(H,14,17). The number of pyridine rings is 1. The smallest absolute Gasteiger partial charge is 0.243 e. The summed E-state index contributed by atoms with van der Waals surface area (Å²) in [4.78, 5) is 15.3. The van der Waals surface area contributed by atoms with Gasteiger partial charge in [-0.25, -0.2) is 4.98 Å². The average Bonchev–Trinajstić information content (AvgIpc) is 2.36. The second kappa shape index (κ2) is 4.65. The molecular formula is C13H12N2O2. The van der Waals surface area contributed by atoms with Crippen molar-refractivity contribution in [1.82, 2.24) is 10.3 Å². The number of carbonyl (C=O) groups is 1. The number of fused-ring (bicyclic) bond motifs is 1. The van der Waals surface area contributed by atoms with Crippen molar-refractivity contribution in [3.8, 4) is 5.75 Å². The molecule has 0 radical (unpaired) electrons. The van der Waals surface area contributed by atoms with E-state index in [9.17, 15) is 9.90 Å². The highest BCUT2D eigenvalue weighted by Crippen LogP contribution is 2.22. The minimum atomic E-state index is -0.246. The molecule has 0 aliphatic carbocycles. The lowest BCUT2D eigenvalue weighted by Crippen LogP contribution is -2.20. The molecule has 0 unspecified atom stereocenters. The lowest BCUT2D eigenvalue weighted by molar-refractivity contribution is -0.116. The Bertz CT molecular complexity index is 579. The molecule has 0 aliphatic heterocycles. The zero-order chi connectivity index (χ0) is 12.3. The molecule has 0 aliphatic rings. The van der Waals surface area contributed by atoms with Gasteiger partial charge in [-0.3, -0.25) is 4.79 Å². The Morgan fingerprint density at radius 3 is 3.00 bits per heavy atom. The first kappa shape index (κ1) is 11.1. The number of benzene rings is 1. The molecule has 1 amide bonds. The number of carbonyl (C=O) groups excluding carboxylic acids is 1. The molecule has 1 aromatic heterocycles. The van der Waals surface area contributed by atoms with Gasteiger partial charge in [0.25, 0.3) is 0 Å². The van der Waals surface area contributed by atoms with E-state index >= 15 is 0 Å². The number of nitrogens with zero attached hydrogens (tertiary/aromatic N) is 1. The Balaban J connectivity index is 2.28. The van der Waals surface area contributed by atoms with Crippen LogP contribution in [0.5, 0.6) is 5.75 Å². The van der Waals surface area contributed by atoms with Crippen LogP contribution < -0.4 is 5.32 Å². The number of phenolic OH excluding ortho intramolecular Hbond substituents is 1. The highest BCUT2D eigenvalue weighted by molar-refractivity contribution is 5.87. The second-order valence-electron chi connectivity index (χ2n) is 3.57. The number of aromatic hydroxyl groups is 1. The highest BCUT2D eigenvalue weighted by atomic mass is 16.3. The third-order valence-corrected chi connectivity index (χ3v) is 2.39. The summed E-state index contributed by atoms with van der Waals surface area (Å²) in [5.41, 5.74) is 1.23. The van der Waals surface area contributed by atoms with Crippen molar-refractivity contribution in [2.45, 2.75) is 6.54 Å². The number of para-hydroxylation sites is 1. The molecule has 0 bridgehead atoms. The van der Waals surface area contributed by atoms with Crippen molar-refractivity contribution in [2.24, 2.45) is 0 Å². The molecule has 0 atom stereocenters. The van der Waals surface area contributed by atoms with Crippen LogP contribution >= 0.6 is 0 Å². The number of rotatable bonds is 3. The molecule has 0 fully saturated rings. The van der Waals surface area contributed by atoms with E-state index in [4.69, 9.17) is 0 Å². The second-order valence-corrected chi connectivity index (χ2v) is 3.57. The molecule has 4 nitrogen and oxygen atoms in total. The van der Waals surface area contributed by atoms with Crippen LogP contribution in [0.1, 0.15) is 5.69 Å². The van der Waals surface area contributed by atoms with Gasteiger partial charge in [0, 0.05) is 5.39 Å². The molecule has 2 rings (SSSR count). The summed E-state index contributed by atoms with van der Waals surface area (Å²) in [6.07, 6.45) is 1.21. The number of hydrogen-bond donors (Lipinski definition) is 2. The first-order chi connectivity index (χ1) is 8.20. The number of nitrogens with one attached hydrogen (secondary N) is 1. The molecule has 0 spiro atoms. The minimum absolute atomic E-state index is 0.138. The van der Waals surface area contributed by atoms with Gasteiger partial charge in [-0.05, 0) is 18.2 Å². The van der Waals surface area contributed by atoms with E-state index in [1.165, 1.54) is 6.08 Å². The summed E-state index contributed by atoms with van der Waals surface area (Å²) in [5, 5.41) is 13.1. The molecule has 1 heterocycles. The van der Waals surface area contributed by atoms with Gasteiger partial charge in [-0.2, -0.15) is 0 Å². The Morgan fingerprint density at radius 1 is 1.41 bits per heavy atom. The molecular weight excluding hydrogens is 216 g/mol. The predicted molar refractivity (Wildman–Crippen MR) is 65.5 cm³/mol. The van der Waals surface area contributed by atoms with Crippen molar-refractivity contribution in [3.63, 3.8) is 0 Å². The van der Waals surface area contributed by atoms with Gasteiger partial charge in [0.15, 0.2) is 0 Å². The normalized spacial score (nSPS) is 10.1. The number of amides is 1. The van der Waals surface area contributed by atoms with Crippen LogP contribution in [-0.2, 0) is 11.3 Å². The van der Waals surface area contributed by atoms with Crippen LogP contribution in [0.4, 0.5) is 0 Å². The fourth-order valence-electron chi connectivity index (χ4n) is 1.52. The zero-order valence-electron chi connectivity index (χ0n) is 9.18. The Hall–Kier alpha value is -2.36. The van der Waals surface area contributed by atoms with Gasteiger partial charge in [-0.15, -0.1) is 0 Å². The van der Waals surface area contributed by atoms with Crippen molar-refractivity contribution in [2.75, 3.05) is 0 Å². The minimum Gasteiger partial charge on any atom is -0.506 e. The molecule has 4 heteroatoms. The molecule has 86 valence electrons. The molecule has 17 heavy (non-hydrogen) atoms. The summed E-state index contributed by atoms with van der Waals surface area (Å²) in [6.45, 7) is 3.68. The van der Waals surface area contributed by atoms with Crippen molar-refractivity contribution >= 4 is 16.8 Å². The van der Waals surface area contributed by atoms with Crippen LogP contribution in [-0.4, -0.2) is 16.0 Å². The van der Waals surface area contributed by atoms with Crippen molar-refractivity contribution < 1.29 is 9.90 Å². The SMILES string of the molecule is C=CC(=O)NCc1ccc2cccc(O)c2n1. The largest absolute Gasteiger partial charge is 0.506 e. The summed E-state index contributed by atoms with van der Waals surface area (Å²) >= 11 is 0. The van der Waals surface area contributed by atoms with Crippen LogP contribution in [0.15, 0.2) is 43.0 Å². The van der Waals surface area contributed by atoms with Gasteiger partial charge in [0.05, 0.1) is 12.2 Å². The third-order valence-electron chi connectivity index (χ3n) is 2.39. The highest BCUT2D eigenvalue weighted by Gasteiger charge is 2.03. The number of aromatic nitrogens is 1. The maximum atomic E-state index is 11.0. The van der Waals surface area contributed by atoms with Crippen LogP contribution in [0.25, 0.3) is 10.9 Å². The quantitative estimate of drug-likeness (QED) is 0.786. The Kier molecular flexibility index (Phi) is 3.05. The molecule has 2 aromatic rings. The van der Waals surface area contributed by atoms with E-state index in [-0.39, 0.29) is 11.7 Å². The first-order valence-corrected chi connectivity index (χ1v) is 5.18. The van der Waals surface area contributed by atoms with Gasteiger partial charge in [0.1, 0.15) is 11.3 Å².